The molecule has 14 heavy (non-hydrogen) atoms. The van der Waals surface area contributed by atoms with Gasteiger partial charge in [-0.05, 0) is 34.5 Å². The van der Waals surface area contributed by atoms with E-state index in [9.17, 15) is 4.79 Å². The molecule has 0 unspecified atom stereocenters. The number of rotatable bonds is 3. The van der Waals surface area contributed by atoms with E-state index in [-0.39, 0.29) is 0 Å². The molecule has 2 rings (SSSR count). The summed E-state index contributed by atoms with van der Waals surface area (Å²) in [6, 6.07) is 8.35. The van der Waals surface area contributed by atoms with Crippen molar-refractivity contribution in [3.05, 3.63) is 35.2 Å². The summed E-state index contributed by atoms with van der Waals surface area (Å²) < 4.78 is 1.29. The third-order valence-electron chi connectivity index (χ3n) is 2.31. The summed E-state index contributed by atoms with van der Waals surface area (Å²) in [4.78, 5) is 11.3. The van der Waals surface area contributed by atoms with Crippen LogP contribution in [-0.2, 0) is 11.2 Å². The molecule has 1 nitrogen and oxygen atoms in total. The van der Waals surface area contributed by atoms with Gasteiger partial charge < -0.3 is 0 Å². The predicted octanol–water partition coefficient (Wildman–Crippen LogP) is 3.42. The second-order valence-corrected chi connectivity index (χ2v) is 4.31. The van der Waals surface area contributed by atoms with Crippen LogP contribution in [0, 0.1) is 0 Å². The van der Waals surface area contributed by atoms with Crippen molar-refractivity contribution in [2.45, 2.75) is 19.8 Å². The average Bonchev–Trinajstić information content (AvgIpc) is 2.64. The molecular formula is C12H12OS. The van der Waals surface area contributed by atoms with Crippen LogP contribution in [0.1, 0.15) is 18.9 Å². The summed E-state index contributed by atoms with van der Waals surface area (Å²) in [6.07, 6.45) is 1.20. The Morgan fingerprint density at radius 1 is 1.36 bits per heavy atom. The number of carbonyl (C=O) groups is 1. The number of hydrogen-bond donors (Lipinski definition) is 0. The van der Waals surface area contributed by atoms with Crippen LogP contribution < -0.4 is 0 Å². The first-order valence-corrected chi connectivity index (χ1v) is 5.65. The van der Waals surface area contributed by atoms with E-state index < -0.39 is 0 Å². The van der Waals surface area contributed by atoms with Gasteiger partial charge in [0.15, 0.2) is 0 Å². The lowest BCUT2D eigenvalue weighted by atomic mass is 10.1. The molecule has 1 aromatic carbocycles. The van der Waals surface area contributed by atoms with Crippen molar-refractivity contribution in [1.29, 1.82) is 0 Å². The maximum atomic E-state index is 11.3. The number of ketones is 1. The van der Waals surface area contributed by atoms with Crippen LogP contribution in [0.4, 0.5) is 0 Å². The Morgan fingerprint density at radius 3 is 3.00 bits per heavy atom. The Bertz CT molecular complexity index is 456. The summed E-state index contributed by atoms with van der Waals surface area (Å²) in [7, 11) is 0. The summed E-state index contributed by atoms with van der Waals surface area (Å²) in [5, 5.41) is 3.33. The lowest BCUT2D eigenvalue weighted by Gasteiger charge is -1.98. The third kappa shape index (κ3) is 1.85. The van der Waals surface area contributed by atoms with Gasteiger partial charge in [-0.25, -0.2) is 0 Å². The van der Waals surface area contributed by atoms with E-state index in [4.69, 9.17) is 0 Å². The van der Waals surface area contributed by atoms with E-state index in [1.807, 2.05) is 13.0 Å². The fourth-order valence-electron chi connectivity index (χ4n) is 1.48. The lowest BCUT2D eigenvalue weighted by Crippen LogP contribution is -1.99. The highest BCUT2D eigenvalue weighted by Gasteiger charge is 2.02. The molecule has 0 fully saturated rings. The van der Waals surface area contributed by atoms with Gasteiger partial charge in [0.2, 0.25) is 0 Å². The number of carbonyl (C=O) groups excluding carboxylic acids is 1. The van der Waals surface area contributed by atoms with Crippen LogP contribution in [0.3, 0.4) is 0 Å². The molecule has 0 amide bonds. The molecule has 0 spiro atoms. The largest absolute Gasteiger partial charge is 0.299 e. The Labute approximate surface area is 87.4 Å². The zero-order chi connectivity index (χ0) is 9.97. The molecule has 0 N–H and O–H groups in total. The van der Waals surface area contributed by atoms with Gasteiger partial charge in [0.1, 0.15) is 5.78 Å². The first-order valence-electron chi connectivity index (χ1n) is 4.77. The minimum Gasteiger partial charge on any atom is -0.299 e. The molecule has 2 heteroatoms. The van der Waals surface area contributed by atoms with Gasteiger partial charge in [0.05, 0.1) is 0 Å². The second-order valence-electron chi connectivity index (χ2n) is 3.36. The maximum Gasteiger partial charge on any atom is 0.136 e. The molecule has 0 aliphatic rings. The predicted molar refractivity (Wildman–Crippen MR) is 60.8 cm³/mol. The van der Waals surface area contributed by atoms with Crippen LogP contribution in [0.15, 0.2) is 29.6 Å². The standard InChI is InChI=1S/C12H12OS/c1-2-11(13)8-9-3-4-12-10(7-9)5-6-14-12/h3-7H,2,8H2,1H3. The topological polar surface area (TPSA) is 17.1 Å². The molecule has 0 radical (unpaired) electrons. The highest BCUT2D eigenvalue weighted by molar-refractivity contribution is 7.17. The minimum absolute atomic E-state index is 0.305. The van der Waals surface area contributed by atoms with Gasteiger partial charge in [-0.3, -0.25) is 4.79 Å². The molecule has 0 saturated heterocycles. The van der Waals surface area contributed by atoms with Crippen LogP contribution in [0.25, 0.3) is 10.1 Å². The van der Waals surface area contributed by atoms with E-state index in [0.717, 1.165) is 5.56 Å². The van der Waals surface area contributed by atoms with Crippen LogP contribution in [-0.4, -0.2) is 5.78 Å². The molecule has 0 bridgehead atoms. The molecule has 72 valence electrons. The Morgan fingerprint density at radius 2 is 2.21 bits per heavy atom. The van der Waals surface area contributed by atoms with E-state index >= 15 is 0 Å². The Kier molecular flexibility index (Phi) is 2.64. The molecular weight excluding hydrogens is 192 g/mol. The number of hydrogen-bond acceptors (Lipinski definition) is 2. The van der Waals surface area contributed by atoms with Gasteiger partial charge in [0.25, 0.3) is 0 Å². The minimum atomic E-state index is 0.305. The van der Waals surface area contributed by atoms with Gasteiger partial charge >= 0.3 is 0 Å². The quantitative estimate of drug-likeness (QED) is 0.748. The highest BCUT2D eigenvalue weighted by Crippen LogP contribution is 2.22. The molecule has 0 saturated carbocycles. The van der Waals surface area contributed by atoms with E-state index in [2.05, 4.69) is 23.6 Å². The fraction of sp³-hybridized carbons (Fsp3) is 0.250. The van der Waals surface area contributed by atoms with Crippen molar-refractivity contribution in [1.82, 2.24) is 0 Å². The van der Waals surface area contributed by atoms with Gasteiger partial charge in [-0.15, -0.1) is 11.3 Å². The van der Waals surface area contributed by atoms with Crippen molar-refractivity contribution >= 4 is 27.2 Å². The van der Waals surface area contributed by atoms with Crippen molar-refractivity contribution in [3.8, 4) is 0 Å². The van der Waals surface area contributed by atoms with Crippen molar-refractivity contribution in [2.24, 2.45) is 0 Å². The Balaban J connectivity index is 2.30. The van der Waals surface area contributed by atoms with Crippen LogP contribution in [0.2, 0.25) is 0 Å². The molecule has 0 aliphatic carbocycles. The molecule has 0 atom stereocenters. The molecule has 1 heterocycles. The summed E-state index contributed by atoms with van der Waals surface area (Å²) in [6.45, 7) is 1.91. The zero-order valence-electron chi connectivity index (χ0n) is 8.12. The fourth-order valence-corrected chi connectivity index (χ4v) is 2.25. The van der Waals surface area contributed by atoms with Crippen molar-refractivity contribution in [2.75, 3.05) is 0 Å². The average molecular weight is 204 g/mol. The molecule has 2 aromatic rings. The summed E-state index contributed by atoms with van der Waals surface area (Å²) >= 11 is 1.74. The van der Waals surface area contributed by atoms with E-state index in [0.29, 0.717) is 18.6 Å². The number of benzene rings is 1. The third-order valence-corrected chi connectivity index (χ3v) is 3.21. The lowest BCUT2D eigenvalue weighted by molar-refractivity contribution is -0.118. The second kappa shape index (κ2) is 3.93. The molecule has 0 aliphatic heterocycles. The number of fused-ring (bicyclic) bond motifs is 1. The Hall–Kier alpha value is -1.15. The van der Waals surface area contributed by atoms with Gasteiger partial charge in [-0.1, -0.05) is 13.0 Å². The van der Waals surface area contributed by atoms with Crippen LogP contribution in [0.5, 0.6) is 0 Å². The van der Waals surface area contributed by atoms with Crippen molar-refractivity contribution in [3.63, 3.8) is 0 Å². The number of thiophene rings is 1. The normalized spacial score (nSPS) is 10.6. The van der Waals surface area contributed by atoms with E-state index in [1.54, 1.807) is 11.3 Å². The van der Waals surface area contributed by atoms with Crippen LogP contribution >= 0.6 is 11.3 Å². The zero-order valence-corrected chi connectivity index (χ0v) is 8.93. The first-order chi connectivity index (χ1) is 6.79. The number of Topliss-reactive ketones (excluding diaryl/α,β-unsaturated/α-hetero) is 1. The first kappa shape index (κ1) is 9.41. The van der Waals surface area contributed by atoms with Crippen molar-refractivity contribution < 1.29 is 4.79 Å². The van der Waals surface area contributed by atoms with Gasteiger partial charge in [0, 0.05) is 17.5 Å². The smallest absolute Gasteiger partial charge is 0.136 e. The highest BCUT2D eigenvalue weighted by atomic mass is 32.1. The SMILES string of the molecule is CCC(=O)Cc1ccc2sccc2c1. The summed E-state index contributed by atoms with van der Waals surface area (Å²) in [5.41, 5.74) is 1.13. The summed E-state index contributed by atoms with van der Waals surface area (Å²) in [5.74, 6) is 0.305. The van der Waals surface area contributed by atoms with Gasteiger partial charge in [-0.2, -0.15) is 0 Å². The maximum absolute atomic E-state index is 11.3. The molecule has 1 aromatic heterocycles. The monoisotopic (exact) mass is 204 g/mol. The van der Waals surface area contributed by atoms with E-state index in [1.165, 1.54) is 10.1 Å².